The first-order chi connectivity index (χ1) is 5.70. The van der Waals surface area contributed by atoms with Gasteiger partial charge in [-0.05, 0) is 0 Å². The highest BCUT2D eigenvalue weighted by Crippen LogP contribution is 1.94. The zero-order valence-corrected chi connectivity index (χ0v) is 6.83. The van der Waals surface area contributed by atoms with Crippen LogP contribution in [0.4, 0.5) is 0 Å². The summed E-state index contributed by atoms with van der Waals surface area (Å²) in [5, 5.41) is 0. The van der Waals surface area contributed by atoms with Crippen molar-refractivity contribution in [2.24, 2.45) is 0 Å². The Morgan fingerprint density at radius 3 is 2.42 bits per heavy atom. The van der Waals surface area contributed by atoms with E-state index in [1.807, 2.05) is 0 Å². The van der Waals surface area contributed by atoms with Crippen LogP contribution in [0.5, 0.6) is 0 Å². The summed E-state index contributed by atoms with van der Waals surface area (Å²) in [5.74, 6) is 1.22. The molecular formula is C8H10O4. The molecule has 0 spiro atoms. The number of hydrogen-bond acceptors (Lipinski definition) is 4. The topological polar surface area (TPSA) is 52.6 Å². The fourth-order valence-electron chi connectivity index (χ4n) is 0.501. The molecule has 0 aliphatic heterocycles. The van der Waals surface area contributed by atoms with E-state index in [1.165, 1.54) is 7.11 Å². The van der Waals surface area contributed by atoms with Gasteiger partial charge in [0, 0.05) is 0 Å². The molecule has 0 bridgehead atoms. The molecule has 0 aromatic rings. The molecule has 0 amide bonds. The molecule has 0 heterocycles. The predicted octanol–water partition coefficient (Wildman–Crippen LogP) is 0.116. The standard InChI is InChI=1S/C8H10O4/c1-3-6-12-8(10)5-4-7(9)11-2/h1H,4-6H2,2H3. The van der Waals surface area contributed by atoms with Crippen molar-refractivity contribution in [2.45, 2.75) is 12.8 Å². The van der Waals surface area contributed by atoms with Gasteiger partial charge in [-0.15, -0.1) is 6.42 Å². The number of carbonyl (C=O) groups excluding carboxylic acids is 2. The SMILES string of the molecule is C#CCOC(=O)CCC(=O)OC. The highest BCUT2D eigenvalue weighted by atomic mass is 16.5. The molecule has 0 aromatic heterocycles. The molecule has 0 fully saturated rings. The van der Waals surface area contributed by atoms with E-state index >= 15 is 0 Å². The minimum atomic E-state index is -0.488. The fraction of sp³-hybridized carbons (Fsp3) is 0.500. The molecule has 0 saturated heterocycles. The summed E-state index contributed by atoms with van der Waals surface area (Å²) in [6.07, 6.45) is 4.88. The lowest BCUT2D eigenvalue weighted by Crippen LogP contribution is -2.08. The molecular weight excluding hydrogens is 160 g/mol. The summed E-state index contributed by atoms with van der Waals surface area (Å²) >= 11 is 0. The van der Waals surface area contributed by atoms with Crippen molar-refractivity contribution in [3.05, 3.63) is 0 Å². The van der Waals surface area contributed by atoms with E-state index in [0.717, 1.165) is 0 Å². The minimum absolute atomic E-state index is 0.00829. The molecule has 0 unspecified atom stereocenters. The van der Waals surface area contributed by atoms with Gasteiger partial charge in [0.15, 0.2) is 6.61 Å². The van der Waals surface area contributed by atoms with Crippen LogP contribution in [0.3, 0.4) is 0 Å². The number of rotatable bonds is 4. The van der Waals surface area contributed by atoms with Gasteiger partial charge in [0.25, 0.3) is 0 Å². The van der Waals surface area contributed by atoms with Crippen LogP contribution in [0.25, 0.3) is 0 Å². The summed E-state index contributed by atoms with van der Waals surface area (Å²) in [4.78, 5) is 21.2. The summed E-state index contributed by atoms with van der Waals surface area (Å²) in [7, 11) is 1.26. The third-order valence-electron chi connectivity index (χ3n) is 1.08. The zero-order valence-electron chi connectivity index (χ0n) is 6.83. The number of ether oxygens (including phenoxy) is 2. The lowest BCUT2D eigenvalue weighted by Gasteiger charge is -1.99. The Hall–Kier alpha value is -1.50. The Balaban J connectivity index is 3.45. The molecule has 0 aromatic carbocycles. The van der Waals surface area contributed by atoms with Crippen LogP contribution in [-0.2, 0) is 19.1 Å². The summed E-state index contributed by atoms with van der Waals surface area (Å²) in [5.41, 5.74) is 0. The number of carbonyl (C=O) groups is 2. The second kappa shape index (κ2) is 6.23. The van der Waals surface area contributed by atoms with Crippen LogP contribution < -0.4 is 0 Å². The van der Waals surface area contributed by atoms with Crippen molar-refractivity contribution in [1.82, 2.24) is 0 Å². The van der Waals surface area contributed by atoms with Crippen LogP contribution >= 0.6 is 0 Å². The highest BCUT2D eigenvalue weighted by molar-refractivity contribution is 5.77. The first-order valence-electron chi connectivity index (χ1n) is 3.36. The van der Waals surface area contributed by atoms with Crippen LogP contribution in [0.15, 0.2) is 0 Å². The second-order valence-corrected chi connectivity index (χ2v) is 1.94. The van der Waals surface area contributed by atoms with Gasteiger partial charge in [0.1, 0.15) is 0 Å². The molecule has 0 N–H and O–H groups in total. The minimum Gasteiger partial charge on any atom is -0.469 e. The molecule has 12 heavy (non-hydrogen) atoms. The van der Waals surface area contributed by atoms with Crippen molar-refractivity contribution in [3.8, 4) is 12.3 Å². The first kappa shape index (κ1) is 10.5. The number of terminal acetylenes is 1. The predicted molar refractivity (Wildman–Crippen MR) is 41.0 cm³/mol. The maximum Gasteiger partial charge on any atom is 0.307 e. The summed E-state index contributed by atoms with van der Waals surface area (Å²) < 4.78 is 8.82. The van der Waals surface area contributed by atoms with Gasteiger partial charge >= 0.3 is 11.9 Å². The van der Waals surface area contributed by atoms with E-state index in [0.29, 0.717) is 0 Å². The quantitative estimate of drug-likeness (QED) is 0.444. The Kier molecular flexibility index (Phi) is 5.45. The van der Waals surface area contributed by atoms with Crippen molar-refractivity contribution >= 4 is 11.9 Å². The Labute approximate surface area is 70.8 Å². The fourth-order valence-corrected chi connectivity index (χ4v) is 0.501. The molecule has 0 aliphatic rings. The van der Waals surface area contributed by atoms with Gasteiger partial charge < -0.3 is 9.47 Å². The van der Waals surface area contributed by atoms with E-state index in [-0.39, 0.29) is 19.4 Å². The average Bonchev–Trinajstić information content (AvgIpc) is 2.10. The number of esters is 2. The average molecular weight is 170 g/mol. The Morgan fingerprint density at radius 1 is 1.33 bits per heavy atom. The van der Waals surface area contributed by atoms with E-state index < -0.39 is 11.9 Å². The molecule has 0 radical (unpaired) electrons. The van der Waals surface area contributed by atoms with Gasteiger partial charge in [0.05, 0.1) is 20.0 Å². The van der Waals surface area contributed by atoms with Crippen molar-refractivity contribution in [1.29, 1.82) is 0 Å². The van der Waals surface area contributed by atoms with E-state index in [4.69, 9.17) is 6.42 Å². The highest BCUT2D eigenvalue weighted by Gasteiger charge is 2.06. The van der Waals surface area contributed by atoms with Gasteiger partial charge in [0.2, 0.25) is 0 Å². The molecule has 4 nitrogen and oxygen atoms in total. The number of methoxy groups -OCH3 is 1. The third-order valence-corrected chi connectivity index (χ3v) is 1.08. The van der Waals surface area contributed by atoms with Crippen molar-refractivity contribution < 1.29 is 19.1 Å². The van der Waals surface area contributed by atoms with Crippen LogP contribution in [-0.4, -0.2) is 25.7 Å². The van der Waals surface area contributed by atoms with Crippen molar-refractivity contribution in [3.63, 3.8) is 0 Å². The monoisotopic (exact) mass is 170 g/mol. The van der Waals surface area contributed by atoms with E-state index in [9.17, 15) is 9.59 Å². The second-order valence-electron chi connectivity index (χ2n) is 1.94. The maximum absolute atomic E-state index is 10.7. The zero-order chi connectivity index (χ0) is 9.40. The lowest BCUT2D eigenvalue weighted by atomic mass is 10.3. The first-order valence-corrected chi connectivity index (χ1v) is 3.36. The molecule has 66 valence electrons. The largest absolute Gasteiger partial charge is 0.469 e. The van der Waals surface area contributed by atoms with E-state index in [2.05, 4.69) is 15.4 Å². The Morgan fingerprint density at radius 2 is 1.92 bits per heavy atom. The summed E-state index contributed by atoms with van der Waals surface area (Å²) in [6.45, 7) is -0.0555. The van der Waals surface area contributed by atoms with Crippen LogP contribution in [0.2, 0.25) is 0 Å². The molecule has 0 rings (SSSR count). The van der Waals surface area contributed by atoms with Gasteiger partial charge in [-0.25, -0.2) is 0 Å². The normalized spacial score (nSPS) is 8.33. The smallest absolute Gasteiger partial charge is 0.307 e. The molecule has 0 saturated carbocycles. The van der Waals surface area contributed by atoms with Crippen LogP contribution in [0.1, 0.15) is 12.8 Å². The summed E-state index contributed by atoms with van der Waals surface area (Å²) in [6, 6.07) is 0. The van der Waals surface area contributed by atoms with E-state index in [1.54, 1.807) is 0 Å². The lowest BCUT2D eigenvalue weighted by molar-refractivity contribution is -0.148. The Bertz CT molecular complexity index is 202. The van der Waals surface area contributed by atoms with Gasteiger partial charge in [-0.2, -0.15) is 0 Å². The molecule has 4 heteroatoms. The molecule has 0 atom stereocenters. The van der Waals surface area contributed by atoms with Crippen molar-refractivity contribution in [2.75, 3.05) is 13.7 Å². The van der Waals surface area contributed by atoms with Crippen LogP contribution in [0, 0.1) is 12.3 Å². The third kappa shape index (κ3) is 5.30. The van der Waals surface area contributed by atoms with Gasteiger partial charge in [-0.3, -0.25) is 9.59 Å². The molecule has 0 aliphatic carbocycles. The van der Waals surface area contributed by atoms with Gasteiger partial charge in [-0.1, -0.05) is 5.92 Å². The number of hydrogen-bond donors (Lipinski definition) is 0. The maximum atomic E-state index is 10.7.